The molecule has 19 heavy (non-hydrogen) atoms. The average Bonchev–Trinajstić information content (AvgIpc) is 2.85. The van der Waals surface area contributed by atoms with E-state index in [1.807, 2.05) is 6.92 Å². The molecule has 0 radical (unpaired) electrons. The summed E-state index contributed by atoms with van der Waals surface area (Å²) in [5.74, 6) is 0.144. The smallest absolute Gasteiger partial charge is 0.335 e. The predicted octanol–water partition coefficient (Wildman–Crippen LogP) is 2.63. The van der Waals surface area contributed by atoms with Gasteiger partial charge in [0, 0.05) is 12.7 Å². The van der Waals surface area contributed by atoms with Crippen LogP contribution in [0.5, 0.6) is 0 Å². The van der Waals surface area contributed by atoms with Crippen molar-refractivity contribution in [2.75, 3.05) is 17.7 Å². The number of anilines is 1. The van der Waals surface area contributed by atoms with Crippen LogP contribution < -0.4 is 4.90 Å². The molecule has 1 unspecified atom stereocenters. The van der Waals surface area contributed by atoms with Crippen LogP contribution in [-0.2, 0) is 4.79 Å². The van der Waals surface area contributed by atoms with E-state index in [9.17, 15) is 9.59 Å². The van der Waals surface area contributed by atoms with Crippen molar-refractivity contribution in [1.82, 2.24) is 0 Å². The van der Waals surface area contributed by atoms with Crippen LogP contribution in [0.1, 0.15) is 30.1 Å². The van der Waals surface area contributed by atoms with E-state index in [-0.39, 0.29) is 16.2 Å². The molecular formula is C14H17NO3S. The normalized spacial score (nSPS) is 22.2. The first kappa shape index (κ1) is 13.9. The lowest BCUT2D eigenvalue weighted by atomic mass is 10.0. The molecule has 1 saturated heterocycles. The second-order valence-corrected chi connectivity index (χ2v) is 6.50. The molecule has 0 bridgehead atoms. The Morgan fingerprint density at radius 1 is 1.32 bits per heavy atom. The molecule has 1 heterocycles. The molecule has 0 spiro atoms. The van der Waals surface area contributed by atoms with Crippen molar-refractivity contribution >= 4 is 29.3 Å². The lowest BCUT2D eigenvalue weighted by Crippen LogP contribution is -2.41. The van der Waals surface area contributed by atoms with Gasteiger partial charge in [-0.1, -0.05) is 0 Å². The van der Waals surface area contributed by atoms with Crippen molar-refractivity contribution in [2.24, 2.45) is 0 Å². The number of nitrogens with zero attached hydrogens (tertiary/aromatic N) is 1. The minimum absolute atomic E-state index is 0.0816. The number of hydrogen-bond donors (Lipinski definition) is 1. The number of carbonyl (C=O) groups excluding carboxylic acids is 1. The fraction of sp³-hybridized carbons (Fsp3) is 0.429. The molecule has 1 aliphatic rings. The first-order valence-electron chi connectivity index (χ1n) is 6.19. The van der Waals surface area contributed by atoms with Gasteiger partial charge in [-0.2, -0.15) is 0 Å². The number of amides is 1. The molecule has 1 fully saturated rings. The van der Waals surface area contributed by atoms with Gasteiger partial charge in [0.15, 0.2) is 0 Å². The third-order valence-electron chi connectivity index (χ3n) is 3.48. The Labute approximate surface area is 116 Å². The van der Waals surface area contributed by atoms with Gasteiger partial charge in [-0.15, -0.1) is 11.8 Å². The molecule has 1 amide bonds. The maximum absolute atomic E-state index is 12.5. The summed E-state index contributed by atoms with van der Waals surface area (Å²) >= 11 is 1.70. The van der Waals surface area contributed by atoms with Crippen molar-refractivity contribution in [2.45, 2.75) is 24.5 Å². The van der Waals surface area contributed by atoms with Gasteiger partial charge in [0.25, 0.3) is 0 Å². The molecule has 0 aromatic heterocycles. The average molecular weight is 279 g/mol. The summed E-state index contributed by atoms with van der Waals surface area (Å²) in [6.45, 7) is 1.98. The summed E-state index contributed by atoms with van der Waals surface area (Å²) in [7, 11) is 1.74. The number of rotatable bonds is 3. The first-order chi connectivity index (χ1) is 8.94. The van der Waals surface area contributed by atoms with Crippen LogP contribution in [0.4, 0.5) is 5.69 Å². The Morgan fingerprint density at radius 2 is 1.95 bits per heavy atom. The number of carbonyl (C=O) groups is 2. The summed E-state index contributed by atoms with van der Waals surface area (Å²) in [5, 5.41) is 8.85. The Hall–Kier alpha value is -1.49. The Kier molecular flexibility index (Phi) is 3.85. The standard InChI is InChI=1S/C14H17NO3S/c1-14(8-3-9-19-14)13(18)15(2)11-6-4-10(5-7-11)12(16)17/h4-7H,3,8-9H2,1-2H3,(H,16,17). The zero-order valence-corrected chi connectivity index (χ0v) is 11.9. The minimum Gasteiger partial charge on any atom is -0.478 e. The van der Waals surface area contributed by atoms with Crippen molar-refractivity contribution in [3.05, 3.63) is 29.8 Å². The van der Waals surface area contributed by atoms with Gasteiger partial charge in [-0.3, -0.25) is 4.79 Å². The van der Waals surface area contributed by atoms with Crippen LogP contribution in [0.3, 0.4) is 0 Å². The van der Waals surface area contributed by atoms with Crippen LogP contribution in [-0.4, -0.2) is 34.5 Å². The molecule has 1 atom stereocenters. The maximum Gasteiger partial charge on any atom is 0.335 e. The molecule has 1 aromatic carbocycles. The minimum atomic E-state index is -0.959. The summed E-state index contributed by atoms with van der Waals surface area (Å²) in [4.78, 5) is 24.9. The summed E-state index contributed by atoms with van der Waals surface area (Å²) in [5.41, 5.74) is 0.953. The van der Waals surface area contributed by atoms with E-state index in [4.69, 9.17) is 5.11 Å². The third-order valence-corrected chi connectivity index (χ3v) is 4.99. The van der Waals surface area contributed by atoms with Gasteiger partial charge >= 0.3 is 5.97 Å². The topological polar surface area (TPSA) is 57.6 Å². The number of carboxylic acid groups (broad SMARTS) is 1. The lowest BCUT2D eigenvalue weighted by molar-refractivity contribution is -0.120. The summed E-state index contributed by atoms with van der Waals surface area (Å²) in [6.07, 6.45) is 1.97. The monoisotopic (exact) mass is 279 g/mol. The second-order valence-electron chi connectivity index (χ2n) is 4.90. The molecule has 0 saturated carbocycles. The summed E-state index contributed by atoms with van der Waals surface area (Å²) in [6, 6.07) is 6.38. The largest absolute Gasteiger partial charge is 0.478 e. The van der Waals surface area contributed by atoms with Crippen LogP contribution in [0.15, 0.2) is 24.3 Å². The van der Waals surface area contributed by atoms with Gasteiger partial charge in [0.2, 0.25) is 5.91 Å². The van der Waals surface area contributed by atoms with Crippen molar-refractivity contribution < 1.29 is 14.7 Å². The molecule has 1 aromatic rings. The van der Waals surface area contributed by atoms with Crippen LogP contribution in [0.25, 0.3) is 0 Å². The molecular weight excluding hydrogens is 262 g/mol. The van der Waals surface area contributed by atoms with Crippen LogP contribution >= 0.6 is 11.8 Å². The van der Waals surface area contributed by atoms with Crippen molar-refractivity contribution in [3.63, 3.8) is 0 Å². The quantitative estimate of drug-likeness (QED) is 0.924. The van der Waals surface area contributed by atoms with Gasteiger partial charge in [0.1, 0.15) is 0 Å². The number of aromatic carboxylic acids is 1. The molecule has 1 aliphatic heterocycles. The summed E-state index contributed by atoms with van der Waals surface area (Å²) < 4.78 is -0.347. The molecule has 4 nitrogen and oxygen atoms in total. The lowest BCUT2D eigenvalue weighted by Gasteiger charge is -2.28. The zero-order valence-electron chi connectivity index (χ0n) is 11.0. The van der Waals surface area contributed by atoms with Gasteiger partial charge in [-0.25, -0.2) is 4.79 Å². The third kappa shape index (κ3) is 2.76. The van der Waals surface area contributed by atoms with E-state index >= 15 is 0 Å². The van der Waals surface area contributed by atoms with E-state index in [2.05, 4.69) is 0 Å². The number of thioether (sulfide) groups is 1. The van der Waals surface area contributed by atoms with Crippen molar-refractivity contribution in [3.8, 4) is 0 Å². The highest BCUT2D eigenvalue weighted by Crippen LogP contribution is 2.39. The van der Waals surface area contributed by atoms with E-state index in [0.29, 0.717) is 0 Å². The van der Waals surface area contributed by atoms with Gasteiger partial charge < -0.3 is 10.0 Å². The molecule has 0 aliphatic carbocycles. The van der Waals surface area contributed by atoms with E-state index < -0.39 is 5.97 Å². The highest BCUT2D eigenvalue weighted by atomic mass is 32.2. The molecule has 102 valence electrons. The zero-order chi connectivity index (χ0) is 14.0. The highest BCUT2D eigenvalue weighted by Gasteiger charge is 2.39. The Bertz CT molecular complexity index is 492. The van der Waals surface area contributed by atoms with Crippen molar-refractivity contribution in [1.29, 1.82) is 0 Å². The Morgan fingerprint density at radius 3 is 2.42 bits per heavy atom. The number of carboxylic acids is 1. The number of hydrogen-bond acceptors (Lipinski definition) is 3. The van der Waals surface area contributed by atoms with Gasteiger partial charge in [-0.05, 0) is 49.8 Å². The van der Waals surface area contributed by atoms with Crippen LogP contribution in [0.2, 0.25) is 0 Å². The Balaban J connectivity index is 2.17. The van der Waals surface area contributed by atoms with E-state index in [0.717, 1.165) is 24.3 Å². The fourth-order valence-electron chi connectivity index (χ4n) is 2.25. The van der Waals surface area contributed by atoms with Gasteiger partial charge in [0.05, 0.1) is 10.3 Å². The molecule has 2 rings (SSSR count). The predicted molar refractivity (Wildman–Crippen MR) is 76.9 cm³/mol. The second kappa shape index (κ2) is 5.25. The fourth-order valence-corrected chi connectivity index (χ4v) is 3.54. The number of benzene rings is 1. The first-order valence-corrected chi connectivity index (χ1v) is 7.18. The molecule has 1 N–H and O–H groups in total. The maximum atomic E-state index is 12.5. The van der Waals surface area contributed by atoms with E-state index in [1.165, 1.54) is 12.1 Å². The van der Waals surface area contributed by atoms with Crippen LogP contribution in [0, 0.1) is 0 Å². The molecule has 5 heteroatoms. The van der Waals surface area contributed by atoms with E-state index in [1.54, 1.807) is 35.8 Å². The SMILES string of the molecule is CN(C(=O)C1(C)CCCS1)c1ccc(C(=O)O)cc1. The highest BCUT2D eigenvalue weighted by molar-refractivity contribution is 8.01.